The lowest BCUT2D eigenvalue weighted by atomic mass is 10.2. The van der Waals surface area contributed by atoms with E-state index in [2.05, 4.69) is 164 Å². The van der Waals surface area contributed by atoms with Crippen LogP contribution < -0.4 is 4.74 Å². The number of rotatable bonds is 32. The van der Waals surface area contributed by atoms with E-state index in [4.69, 9.17) is 56.8 Å². The Hall–Kier alpha value is -2.46. The molecule has 0 unspecified atom stereocenters. The zero-order valence-corrected chi connectivity index (χ0v) is 70.8. The molecular weight excluding hydrogens is 1200 g/mol. The maximum Gasteiger partial charge on any atom is 0.119 e. The fourth-order valence-corrected chi connectivity index (χ4v) is 6.76. The summed E-state index contributed by atoms with van der Waals surface area (Å²) in [6.07, 6.45) is 20.9. The number of unbranched alkanes of at least 4 members (excludes halogenated alkanes) is 3. The highest BCUT2D eigenvalue weighted by Gasteiger charge is 2.16. The van der Waals surface area contributed by atoms with Crippen molar-refractivity contribution in [3.05, 3.63) is 78.9 Å². The number of ether oxygens (including phenoxy) is 12. The predicted molar refractivity (Wildman–Crippen MR) is 423 cm³/mol. The molecule has 0 heterocycles. The van der Waals surface area contributed by atoms with Gasteiger partial charge in [0.05, 0.1) is 104 Å². The maximum atomic E-state index is 5.61. The van der Waals surface area contributed by atoms with Gasteiger partial charge in [0.15, 0.2) is 0 Å². The number of para-hydroxylation sites is 1. The lowest BCUT2D eigenvalue weighted by Gasteiger charge is -2.22. The van der Waals surface area contributed by atoms with Gasteiger partial charge in [-0.2, -0.15) is 0 Å². The summed E-state index contributed by atoms with van der Waals surface area (Å²) in [6, 6.07) is 20.0. The van der Waals surface area contributed by atoms with Crippen LogP contribution in [0.5, 0.6) is 5.75 Å². The molecule has 12 nitrogen and oxygen atoms in total. The van der Waals surface area contributed by atoms with Crippen molar-refractivity contribution in [3.63, 3.8) is 0 Å². The lowest BCUT2D eigenvalue weighted by molar-refractivity contribution is -0.0425. The topological polar surface area (TPSA) is 111 Å². The third-order valence-corrected chi connectivity index (χ3v) is 10.7. The van der Waals surface area contributed by atoms with E-state index in [9.17, 15) is 0 Å². The monoisotopic (exact) mass is 1370 g/mol. The minimum Gasteiger partial charge on any atom is -0.491 e. The summed E-state index contributed by atoms with van der Waals surface area (Å²) in [5, 5.41) is 0. The van der Waals surface area contributed by atoms with Gasteiger partial charge in [0.2, 0.25) is 0 Å². The molecule has 0 bridgehead atoms. The van der Waals surface area contributed by atoms with E-state index in [0.29, 0.717) is 91.9 Å². The molecule has 0 spiro atoms. The van der Waals surface area contributed by atoms with Crippen molar-refractivity contribution in [2.75, 3.05) is 46.8 Å². The molecule has 1 saturated carbocycles. The first-order valence-corrected chi connectivity index (χ1v) is 37.8. The molecule has 0 amide bonds. The molecule has 1 fully saturated rings. The van der Waals surface area contributed by atoms with Crippen molar-refractivity contribution in [2.24, 2.45) is 5.92 Å². The van der Waals surface area contributed by atoms with E-state index in [1.54, 1.807) is 13.2 Å². The molecule has 1 aliphatic carbocycles. The van der Waals surface area contributed by atoms with Crippen LogP contribution in [0.25, 0.3) is 0 Å². The second kappa shape index (κ2) is 85.0. The highest BCUT2D eigenvalue weighted by Crippen LogP contribution is 2.22. The first kappa shape index (κ1) is 112. The molecule has 0 atom stereocenters. The van der Waals surface area contributed by atoms with Gasteiger partial charge in [-0.15, -0.1) is 6.58 Å². The maximum absolute atomic E-state index is 5.61. The van der Waals surface area contributed by atoms with Gasteiger partial charge in [-0.1, -0.05) is 128 Å². The molecule has 0 saturated heterocycles. The molecule has 2 aromatic rings. The summed E-state index contributed by atoms with van der Waals surface area (Å²) in [5.41, 5.74) is 1.26. The first-order chi connectivity index (χ1) is 44.7. The second-order valence-electron chi connectivity index (χ2n) is 28.4. The molecule has 0 radical (unpaired) electrons. The van der Waals surface area contributed by atoms with Crippen LogP contribution in [0.4, 0.5) is 0 Å². The molecular formula is C84H172O12. The Bertz CT molecular complexity index is 1610. The average Bonchev–Trinajstić information content (AvgIpc) is 3.79. The fourth-order valence-electron chi connectivity index (χ4n) is 6.76. The number of methoxy groups -OCH3 is 1. The molecule has 0 aromatic heterocycles. The Labute approximate surface area is 601 Å². The standard InChI is InChI=1S/C10H14O.C9H12O.C8H16O.C8H18O.3C7H16O.3C6H14O.C6H12O.C4H10O/c1-9(2)11-8-10-6-4-3-5-7-10;1-8(2)10-9-6-4-3-5-7-9;1-7(2)9-8-5-3-4-6-8;1-4-5-6-7-9-8(2)3;1-6(2)8-7(3,4)5;1-6(2)5-8-7(3)4;1-4-5-6-8-7(2)3;1-5(2)7-6(3)4;3*1-4-5-7-6(2)3;1-4(2)5-3/h3-7,9H,8H2,1-2H3;3-8H,1-2H3;7-8H,3-6H2,1-2H3;8H,4-7H2,1-3H3;6H,1-5H3;6-7H,5H2,1-4H3;7H,4-6H2,1-3H3;5-6H,1-4H3;2*6H,4-5H2,1-3H3;4,6H,1,5H2,2-3H3;4H,1-3H3. The van der Waals surface area contributed by atoms with Crippen LogP contribution in [0.1, 0.15) is 319 Å². The third kappa shape index (κ3) is 143. The largest absolute Gasteiger partial charge is 0.491 e. The predicted octanol–water partition coefficient (Wildman–Crippen LogP) is 24.6. The van der Waals surface area contributed by atoms with Crippen molar-refractivity contribution >= 4 is 0 Å². The Morgan fingerprint density at radius 3 is 1.02 bits per heavy atom. The molecule has 12 heteroatoms. The smallest absolute Gasteiger partial charge is 0.119 e. The van der Waals surface area contributed by atoms with Gasteiger partial charge in [0.25, 0.3) is 0 Å². The van der Waals surface area contributed by atoms with Gasteiger partial charge >= 0.3 is 0 Å². The zero-order valence-electron chi connectivity index (χ0n) is 70.8. The van der Waals surface area contributed by atoms with Crippen molar-refractivity contribution in [2.45, 2.75) is 411 Å². The average molecular weight is 1370 g/mol. The molecule has 2 aromatic carbocycles. The van der Waals surface area contributed by atoms with Crippen LogP contribution in [0.3, 0.4) is 0 Å². The van der Waals surface area contributed by atoms with Gasteiger partial charge in [0.1, 0.15) is 5.75 Å². The quantitative estimate of drug-likeness (QED) is 0.0514. The van der Waals surface area contributed by atoms with Crippen LogP contribution in [0, 0.1) is 5.92 Å². The molecule has 96 heavy (non-hydrogen) atoms. The number of benzene rings is 2. The second-order valence-corrected chi connectivity index (χ2v) is 28.4. The van der Waals surface area contributed by atoms with Crippen molar-refractivity contribution in [1.82, 2.24) is 0 Å². The summed E-state index contributed by atoms with van der Waals surface area (Å²) in [7, 11) is 1.70. The Morgan fingerprint density at radius 1 is 0.406 bits per heavy atom. The van der Waals surface area contributed by atoms with Gasteiger partial charge in [-0.25, -0.2) is 0 Å². The van der Waals surface area contributed by atoms with Crippen LogP contribution in [0.15, 0.2) is 73.3 Å². The van der Waals surface area contributed by atoms with E-state index in [1.165, 1.54) is 63.4 Å². The van der Waals surface area contributed by atoms with E-state index in [1.807, 2.05) is 145 Å². The minimum absolute atomic E-state index is 0.0220. The molecule has 3 rings (SSSR count). The van der Waals surface area contributed by atoms with Crippen molar-refractivity contribution in [3.8, 4) is 5.75 Å². The summed E-state index contributed by atoms with van der Waals surface area (Å²) < 4.78 is 63.3. The highest BCUT2D eigenvalue weighted by molar-refractivity contribution is 5.21. The van der Waals surface area contributed by atoms with E-state index >= 15 is 0 Å². The van der Waals surface area contributed by atoms with Gasteiger partial charge in [-0.05, 0) is 263 Å². The Kier molecular flexibility index (Phi) is 99.2. The third-order valence-electron chi connectivity index (χ3n) is 10.7. The molecule has 580 valence electrons. The molecule has 1 aliphatic rings. The van der Waals surface area contributed by atoms with Gasteiger partial charge in [0, 0.05) is 40.1 Å². The normalized spacial score (nSPS) is 11.6. The fraction of sp³-hybridized carbons (Fsp3) is 0.833. The Balaban J connectivity index is -0.000000123. The molecule has 0 aliphatic heterocycles. The number of hydrogen-bond donors (Lipinski definition) is 0. The lowest BCUT2D eigenvalue weighted by Crippen LogP contribution is -2.23. The van der Waals surface area contributed by atoms with Crippen LogP contribution in [0.2, 0.25) is 0 Å². The number of hydrogen-bond acceptors (Lipinski definition) is 12. The first-order valence-electron chi connectivity index (χ1n) is 37.8. The van der Waals surface area contributed by atoms with Crippen molar-refractivity contribution in [1.29, 1.82) is 0 Å². The van der Waals surface area contributed by atoms with Gasteiger partial charge < -0.3 is 56.8 Å². The zero-order chi connectivity index (χ0) is 76.3. The van der Waals surface area contributed by atoms with Crippen LogP contribution >= 0.6 is 0 Å². The van der Waals surface area contributed by atoms with Crippen LogP contribution in [-0.4, -0.2) is 138 Å². The summed E-state index contributed by atoms with van der Waals surface area (Å²) in [6.45, 7) is 81.8. The summed E-state index contributed by atoms with van der Waals surface area (Å²) >= 11 is 0. The van der Waals surface area contributed by atoms with E-state index in [0.717, 1.165) is 58.2 Å². The summed E-state index contributed by atoms with van der Waals surface area (Å²) in [4.78, 5) is 0. The van der Waals surface area contributed by atoms with Gasteiger partial charge in [-0.3, -0.25) is 0 Å². The van der Waals surface area contributed by atoms with E-state index in [-0.39, 0.29) is 11.7 Å². The van der Waals surface area contributed by atoms with Crippen LogP contribution in [-0.2, 0) is 58.7 Å². The van der Waals surface area contributed by atoms with E-state index < -0.39 is 0 Å². The SMILES string of the molecule is C=CCOC(C)C.CC(C)COC(C)C.CC(C)OC(C)(C)C.CC(C)OC(C)C.CC(C)OC1CCCC1.CC(C)OCc1ccccc1.CC(C)Oc1ccccc1.CCCCCOC(C)C.CCCCOC(C)C.CCCOC(C)C.CCCOC(C)C.COC(C)C. The Morgan fingerprint density at radius 2 is 0.781 bits per heavy atom. The van der Waals surface area contributed by atoms with Crippen molar-refractivity contribution < 1.29 is 56.8 Å². The highest BCUT2D eigenvalue weighted by atomic mass is 16.5. The minimum atomic E-state index is 0.0220. The summed E-state index contributed by atoms with van der Waals surface area (Å²) in [5.74, 6) is 1.61. The molecule has 0 N–H and O–H groups in total.